The van der Waals surface area contributed by atoms with Crippen LogP contribution in [0.3, 0.4) is 0 Å². The van der Waals surface area contributed by atoms with Gasteiger partial charge in [-0.25, -0.2) is 4.57 Å². The average molecular weight is 1040 g/mol. The van der Waals surface area contributed by atoms with Gasteiger partial charge in [0, 0.05) is 6.42 Å². The van der Waals surface area contributed by atoms with Crippen molar-refractivity contribution >= 4 is 13.7 Å². The van der Waals surface area contributed by atoms with Gasteiger partial charge in [0.25, 0.3) is 0 Å². The number of likely N-dealkylation sites (N-methyl/N-ethyl adjacent to an activating group) is 1. The highest BCUT2D eigenvalue weighted by atomic mass is 31.2. The van der Waals surface area contributed by atoms with Crippen LogP contribution in [0.5, 0.6) is 0 Å². The molecule has 3 N–H and O–H groups in total. The lowest BCUT2D eigenvalue weighted by Gasteiger charge is -2.25. The number of hydrogen-bond acceptors (Lipinski definition) is 5. The van der Waals surface area contributed by atoms with E-state index in [-0.39, 0.29) is 19.1 Å². The maximum absolute atomic E-state index is 13.0. The summed E-state index contributed by atoms with van der Waals surface area (Å²) in [4.78, 5) is 23.3. The zero-order valence-corrected chi connectivity index (χ0v) is 49.3. The van der Waals surface area contributed by atoms with Crippen LogP contribution in [0.25, 0.3) is 0 Å². The number of rotatable bonds is 55. The van der Waals surface area contributed by atoms with Gasteiger partial charge in [-0.2, -0.15) is 0 Å². The summed E-state index contributed by atoms with van der Waals surface area (Å²) < 4.78 is 23.7. The number of allylic oxidation sites excluding steroid dienone is 13. The molecule has 3 atom stereocenters. The molecule has 3 unspecified atom stereocenters. The number of phosphoric acid groups is 1. The summed E-state index contributed by atoms with van der Waals surface area (Å²) in [5, 5.41) is 13.9. The Labute approximate surface area is 452 Å². The van der Waals surface area contributed by atoms with Crippen LogP contribution >= 0.6 is 7.82 Å². The molecular weight excluding hydrogens is 924 g/mol. The molecule has 0 bridgehead atoms. The molecule has 9 heteroatoms. The number of phosphoric ester groups is 1. The van der Waals surface area contributed by atoms with Crippen molar-refractivity contribution in [3.8, 4) is 0 Å². The van der Waals surface area contributed by atoms with Crippen LogP contribution in [0.2, 0.25) is 0 Å². The van der Waals surface area contributed by atoms with Crippen molar-refractivity contribution in [2.75, 3.05) is 40.9 Å². The van der Waals surface area contributed by atoms with E-state index in [1.54, 1.807) is 6.08 Å². The second kappa shape index (κ2) is 54.5. The minimum atomic E-state index is -4.36. The van der Waals surface area contributed by atoms with Crippen molar-refractivity contribution in [3.05, 3.63) is 85.1 Å². The van der Waals surface area contributed by atoms with E-state index < -0.39 is 20.0 Å². The van der Waals surface area contributed by atoms with Gasteiger partial charge in [0.15, 0.2) is 0 Å². The van der Waals surface area contributed by atoms with Gasteiger partial charge in [-0.1, -0.05) is 259 Å². The predicted octanol–water partition coefficient (Wildman–Crippen LogP) is 18.8. The van der Waals surface area contributed by atoms with Gasteiger partial charge in [0.05, 0.1) is 39.9 Å². The highest BCUT2D eigenvalue weighted by Gasteiger charge is 2.27. The first-order valence-electron chi connectivity index (χ1n) is 30.5. The van der Waals surface area contributed by atoms with E-state index in [1.807, 2.05) is 27.2 Å². The molecular formula is C64H118N2O6P+. The van der Waals surface area contributed by atoms with E-state index in [0.717, 1.165) is 70.6 Å². The monoisotopic (exact) mass is 1040 g/mol. The van der Waals surface area contributed by atoms with Gasteiger partial charge < -0.3 is 19.8 Å². The molecule has 0 aromatic rings. The van der Waals surface area contributed by atoms with Crippen molar-refractivity contribution in [3.63, 3.8) is 0 Å². The molecule has 0 aliphatic rings. The van der Waals surface area contributed by atoms with Crippen molar-refractivity contribution < 1.29 is 32.9 Å². The van der Waals surface area contributed by atoms with Crippen LogP contribution in [0.4, 0.5) is 0 Å². The number of nitrogens with zero attached hydrogens (tertiary/aromatic N) is 1. The topological polar surface area (TPSA) is 105 Å². The van der Waals surface area contributed by atoms with E-state index in [2.05, 4.69) is 92.1 Å². The number of nitrogens with one attached hydrogen (secondary N) is 1. The third-order valence-electron chi connectivity index (χ3n) is 13.3. The van der Waals surface area contributed by atoms with Crippen LogP contribution in [-0.2, 0) is 18.4 Å². The normalized spacial score (nSPS) is 14.5. The summed E-state index contributed by atoms with van der Waals surface area (Å²) in [5.74, 6) is -0.190. The Balaban J connectivity index is 4.11. The molecule has 8 nitrogen and oxygen atoms in total. The first kappa shape index (κ1) is 70.7. The minimum Gasteiger partial charge on any atom is -0.387 e. The number of quaternary nitrogens is 1. The summed E-state index contributed by atoms with van der Waals surface area (Å²) in [6.45, 7) is 4.68. The SMILES string of the molecule is CC/C=C\C/C=C\C/C=C\C/C=C\CCCCCCCCCCCCCCCCCCCCCCC(=O)NC(COP(=O)(O)OCC[N+](C)(C)C)C(O)/C=C/CC/C=C/CC/C=C/CCCCCCCCCC. The summed E-state index contributed by atoms with van der Waals surface area (Å²) >= 11 is 0. The number of hydrogen-bond donors (Lipinski definition) is 3. The lowest BCUT2D eigenvalue weighted by molar-refractivity contribution is -0.870. The predicted molar refractivity (Wildman–Crippen MR) is 318 cm³/mol. The van der Waals surface area contributed by atoms with Gasteiger partial charge in [-0.05, 0) is 83.5 Å². The molecule has 0 saturated carbocycles. The molecule has 0 saturated heterocycles. The summed E-state index contributed by atoms with van der Waals surface area (Å²) in [6, 6.07) is -0.872. The number of unbranched alkanes of at least 4 members (excludes halogenated alkanes) is 30. The standard InChI is InChI=1S/C64H117N2O6P/c1-6-8-10-12-14-16-18-20-22-24-26-27-28-29-30-31-32-33-34-35-36-37-38-39-40-42-44-46-48-50-52-54-56-58-64(68)65-62(61-72-73(69,70)71-60-59-66(3,4)5)63(67)57-55-53-51-49-47-45-43-41-25-23-21-19-17-15-13-11-9-7-2/h8,10,14,16,20,22,25-27,41,47,49,55,57,62-63,67H,6-7,9,11-13,15,17-19,21,23-24,28-40,42-46,48,50-54,56,58-61H2,1-5H3,(H-,65,68,69,70)/p+1/b10-8-,16-14-,22-20-,27-26-,41-25+,49-47+,57-55+. The zero-order chi connectivity index (χ0) is 53.5. The summed E-state index contributed by atoms with van der Waals surface area (Å²) in [5.41, 5.74) is 0. The van der Waals surface area contributed by atoms with Crippen LogP contribution in [0, 0.1) is 0 Å². The first-order valence-corrected chi connectivity index (χ1v) is 32.0. The second-order valence-corrected chi connectivity index (χ2v) is 23.1. The molecule has 0 spiro atoms. The van der Waals surface area contributed by atoms with E-state index >= 15 is 0 Å². The second-order valence-electron chi connectivity index (χ2n) is 21.7. The number of amides is 1. The van der Waals surface area contributed by atoms with Crippen molar-refractivity contribution in [2.24, 2.45) is 0 Å². The fourth-order valence-electron chi connectivity index (χ4n) is 8.60. The van der Waals surface area contributed by atoms with Crippen LogP contribution in [-0.4, -0.2) is 73.4 Å². The molecule has 0 aliphatic heterocycles. The average Bonchev–Trinajstić information content (AvgIpc) is 3.35. The Morgan fingerprint density at radius 2 is 0.836 bits per heavy atom. The summed E-state index contributed by atoms with van der Waals surface area (Å²) in [6.07, 6.45) is 77.0. The molecule has 0 aliphatic carbocycles. The lowest BCUT2D eigenvalue weighted by atomic mass is 10.0. The molecule has 0 fully saturated rings. The van der Waals surface area contributed by atoms with Gasteiger partial charge in [0.2, 0.25) is 5.91 Å². The zero-order valence-electron chi connectivity index (χ0n) is 48.4. The Morgan fingerprint density at radius 1 is 0.479 bits per heavy atom. The van der Waals surface area contributed by atoms with Gasteiger partial charge >= 0.3 is 7.82 Å². The Kier molecular flexibility index (Phi) is 52.7. The summed E-state index contributed by atoms with van der Waals surface area (Å²) in [7, 11) is 1.55. The van der Waals surface area contributed by atoms with Crippen LogP contribution in [0.1, 0.15) is 264 Å². The number of aliphatic hydroxyl groups excluding tert-OH is 1. The maximum atomic E-state index is 13.0. The van der Waals surface area contributed by atoms with Gasteiger partial charge in [-0.15, -0.1) is 0 Å². The largest absolute Gasteiger partial charge is 0.472 e. The Morgan fingerprint density at radius 3 is 1.26 bits per heavy atom. The minimum absolute atomic E-state index is 0.0520. The van der Waals surface area contributed by atoms with E-state index in [9.17, 15) is 19.4 Å². The van der Waals surface area contributed by atoms with E-state index in [4.69, 9.17) is 9.05 Å². The van der Waals surface area contributed by atoms with Crippen LogP contribution in [0.15, 0.2) is 85.1 Å². The number of aliphatic hydroxyl groups is 1. The lowest BCUT2D eigenvalue weighted by Crippen LogP contribution is -2.45. The quantitative estimate of drug-likeness (QED) is 0.0243. The molecule has 0 rings (SSSR count). The van der Waals surface area contributed by atoms with Crippen molar-refractivity contribution in [1.82, 2.24) is 5.32 Å². The molecule has 0 aromatic heterocycles. The Bertz CT molecular complexity index is 1460. The molecule has 73 heavy (non-hydrogen) atoms. The number of carbonyl (C=O) groups is 1. The highest BCUT2D eigenvalue weighted by molar-refractivity contribution is 7.47. The molecule has 0 heterocycles. The molecule has 0 radical (unpaired) electrons. The first-order chi connectivity index (χ1) is 35.5. The maximum Gasteiger partial charge on any atom is 0.472 e. The molecule has 0 aromatic carbocycles. The molecule has 424 valence electrons. The third-order valence-corrected chi connectivity index (χ3v) is 14.3. The van der Waals surface area contributed by atoms with Gasteiger partial charge in [-0.3, -0.25) is 13.8 Å². The van der Waals surface area contributed by atoms with Crippen molar-refractivity contribution in [2.45, 2.75) is 276 Å². The molecule has 1 amide bonds. The highest BCUT2D eigenvalue weighted by Crippen LogP contribution is 2.43. The van der Waals surface area contributed by atoms with Crippen LogP contribution < -0.4 is 5.32 Å². The van der Waals surface area contributed by atoms with E-state index in [1.165, 1.54) is 173 Å². The van der Waals surface area contributed by atoms with Crippen molar-refractivity contribution in [1.29, 1.82) is 0 Å². The van der Waals surface area contributed by atoms with Gasteiger partial charge in [0.1, 0.15) is 13.2 Å². The third kappa shape index (κ3) is 57.2. The van der Waals surface area contributed by atoms with E-state index in [0.29, 0.717) is 17.4 Å². The number of carbonyl (C=O) groups excluding carboxylic acids is 1. The fraction of sp³-hybridized carbons (Fsp3) is 0.766. The smallest absolute Gasteiger partial charge is 0.387 e. The Hall–Kier alpha value is -2.32. The fourth-order valence-corrected chi connectivity index (χ4v) is 9.33.